The topological polar surface area (TPSA) is 111 Å². The second kappa shape index (κ2) is 9.07. The van der Waals surface area contributed by atoms with Crippen molar-refractivity contribution in [3.8, 4) is 22.8 Å². The number of H-pyrrole nitrogens is 2. The number of aromatic nitrogens is 7. The molecule has 5 aromatic heterocycles. The van der Waals surface area contributed by atoms with Crippen LogP contribution in [-0.4, -0.2) is 48.2 Å². The van der Waals surface area contributed by atoms with Gasteiger partial charge in [-0.25, -0.2) is 15.0 Å². The standard InChI is InChI=1S/C27H29N9/c1-16(2)17(3)30-19-13-18(14-28-15-19)20-7-8-22-23(31-20)25(35-34-22)26-32-21-9-10-29-27(24(21)33-26)36-11-5-4-6-12-36/h7-10,13-16,30H,3-6,11-12H2,1-2H3,(H,32,33)(H,34,35). The van der Waals surface area contributed by atoms with E-state index in [0.717, 1.165) is 63.6 Å². The maximum Gasteiger partial charge on any atom is 0.161 e. The van der Waals surface area contributed by atoms with Crippen LogP contribution in [0, 0.1) is 5.92 Å². The molecule has 0 unspecified atom stereocenters. The number of allylic oxidation sites excluding steroid dienone is 1. The summed E-state index contributed by atoms with van der Waals surface area (Å²) >= 11 is 0. The van der Waals surface area contributed by atoms with E-state index in [2.05, 4.69) is 55.8 Å². The molecule has 1 saturated heterocycles. The molecule has 9 nitrogen and oxygen atoms in total. The van der Waals surface area contributed by atoms with Crippen molar-refractivity contribution in [1.29, 1.82) is 0 Å². The van der Waals surface area contributed by atoms with Crippen LogP contribution in [-0.2, 0) is 0 Å². The first-order valence-electron chi connectivity index (χ1n) is 12.4. The number of nitrogens with zero attached hydrogens (tertiary/aromatic N) is 6. The van der Waals surface area contributed by atoms with Crippen LogP contribution >= 0.6 is 0 Å². The minimum atomic E-state index is 0.325. The van der Waals surface area contributed by atoms with Crippen LogP contribution < -0.4 is 10.2 Å². The molecule has 0 aromatic carbocycles. The third kappa shape index (κ3) is 4.06. The van der Waals surface area contributed by atoms with Gasteiger partial charge < -0.3 is 15.2 Å². The monoisotopic (exact) mass is 479 g/mol. The third-order valence-electron chi connectivity index (χ3n) is 6.71. The van der Waals surface area contributed by atoms with Gasteiger partial charge in [-0.1, -0.05) is 20.4 Å². The molecular formula is C27H29N9. The Morgan fingerprint density at radius 2 is 1.89 bits per heavy atom. The molecule has 0 atom stereocenters. The van der Waals surface area contributed by atoms with Crippen molar-refractivity contribution in [3.05, 3.63) is 55.1 Å². The fourth-order valence-electron chi connectivity index (χ4n) is 4.57. The van der Waals surface area contributed by atoms with E-state index in [4.69, 9.17) is 9.97 Å². The Morgan fingerprint density at radius 3 is 2.72 bits per heavy atom. The Bertz CT molecular complexity index is 1560. The third-order valence-corrected chi connectivity index (χ3v) is 6.71. The van der Waals surface area contributed by atoms with Gasteiger partial charge in [-0.3, -0.25) is 10.1 Å². The number of fused-ring (bicyclic) bond motifs is 2. The first kappa shape index (κ1) is 22.2. The van der Waals surface area contributed by atoms with E-state index in [1.165, 1.54) is 19.3 Å². The van der Waals surface area contributed by atoms with E-state index in [0.29, 0.717) is 17.4 Å². The van der Waals surface area contributed by atoms with Gasteiger partial charge in [0.05, 0.1) is 28.6 Å². The highest BCUT2D eigenvalue weighted by molar-refractivity contribution is 5.94. The Labute approximate surface area is 209 Å². The molecule has 0 saturated carbocycles. The van der Waals surface area contributed by atoms with E-state index in [1.54, 1.807) is 6.20 Å². The minimum absolute atomic E-state index is 0.325. The second-order valence-corrected chi connectivity index (χ2v) is 9.60. The largest absolute Gasteiger partial charge is 0.358 e. The maximum absolute atomic E-state index is 4.95. The Hall–Kier alpha value is -4.27. The number of piperidine rings is 1. The highest BCUT2D eigenvalue weighted by Gasteiger charge is 2.20. The normalized spacial score (nSPS) is 14.1. The molecule has 0 spiro atoms. The van der Waals surface area contributed by atoms with Crippen LogP contribution in [0.3, 0.4) is 0 Å². The van der Waals surface area contributed by atoms with Gasteiger partial charge in [0.25, 0.3) is 0 Å². The molecule has 36 heavy (non-hydrogen) atoms. The van der Waals surface area contributed by atoms with Gasteiger partial charge in [-0.05, 0) is 49.4 Å². The average Bonchev–Trinajstić information content (AvgIpc) is 3.53. The number of aromatic amines is 2. The summed E-state index contributed by atoms with van der Waals surface area (Å²) in [6.07, 6.45) is 9.09. The first-order valence-corrected chi connectivity index (χ1v) is 12.4. The molecule has 1 aliphatic rings. The molecule has 6 rings (SSSR count). The lowest BCUT2D eigenvalue weighted by Gasteiger charge is -2.27. The summed E-state index contributed by atoms with van der Waals surface area (Å²) in [5.74, 6) is 1.93. The number of anilines is 2. The highest BCUT2D eigenvalue weighted by atomic mass is 15.2. The number of hydrogen-bond acceptors (Lipinski definition) is 7. The Morgan fingerprint density at radius 1 is 1.03 bits per heavy atom. The molecule has 0 amide bonds. The van der Waals surface area contributed by atoms with Crippen molar-refractivity contribution < 1.29 is 0 Å². The molecule has 0 radical (unpaired) electrons. The summed E-state index contributed by atoms with van der Waals surface area (Å²) in [6, 6.07) is 7.96. The highest BCUT2D eigenvalue weighted by Crippen LogP contribution is 2.31. The Kier molecular flexibility index (Phi) is 5.59. The van der Waals surface area contributed by atoms with Gasteiger partial charge in [0, 0.05) is 36.7 Å². The number of hydrogen-bond donors (Lipinski definition) is 3. The predicted molar refractivity (Wildman–Crippen MR) is 144 cm³/mol. The second-order valence-electron chi connectivity index (χ2n) is 9.60. The minimum Gasteiger partial charge on any atom is -0.358 e. The van der Waals surface area contributed by atoms with Gasteiger partial charge in [0.1, 0.15) is 11.0 Å². The van der Waals surface area contributed by atoms with Crippen molar-refractivity contribution in [3.63, 3.8) is 0 Å². The smallest absolute Gasteiger partial charge is 0.161 e. The van der Waals surface area contributed by atoms with E-state index >= 15 is 0 Å². The fourth-order valence-corrected chi connectivity index (χ4v) is 4.57. The molecule has 3 N–H and O–H groups in total. The summed E-state index contributed by atoms with van der Waals surface area (Å²) in [6.45, 7) is 10.3. The zero-order valence-corrected chi connectivity index (χ0v) is 20.5. The van der Waals surface area contributed by atoms with Crippen molar-refractivity contribution in [1.82, 2.24) is 35.1 Å². The van der Waals surface area contributed by atoms with Crippen LogP contribution in [0.1, 0.15) is 33.1 Å². The molecule has 0 bridgehead atoms. The van der Waals surface area contributed by atoms with Crippen molar-refractivity contribution in [2.24, 2.45) is 5.92 Å². The predicted octanol–water partition coefficient (Wildman–Crippen LogP) is 5.53. The average molecular weight is 480 g/mol. The molecule has 0 aliphatic carbocycles. The summed E-state index contributed by atoms with van der Waals surface area (Å²) < 4.78 is 0. The van der Waals surface area contributed by atoms with Crippen LogP contribution in [0.4, 0.5) is 11.5 Å². The zero-order chi connectivity index (χ0) is 24.6. The molecular weight excluding hydrogens is 450 g/mol. The van der Waals surface area contributed by atoms with Crippen molar-refractivity contribution in [2.45, 2.75) is 33.1 Å². The van der Waals surface area contributed by atoms with E-state index < -0.39 is 0 Å². The number of pyridine rings is 3. The number of nitrogens with one attached hydrogen (secondary N) is 3. The maximum atomic E-state index is 4.95. The van der Waals surface area contributed by atoms with Crippen molar-refractivity contribution in [2.75, 3.05) is 23.3 Å². The van der Waals surface area contributed by atoms with E-state index in [9.17, 15) is 0 Å². The fraction of sp³-hybridized carbons (Fsp3) is 0.296. The number of imidazole rings is 1. The lowest BCUT2D eigenvalue weighted by molar-refractivity contribution is 0.574. The SMILES string of the molecule is C=C(Nc1cncc(-c2ccc3[nH]nc(-c4nc5c(N6CCCCC6)nccc5[nH]4)c3n2)c1)C(C)C. The van der Waals surface area contributed by atoms with Crippen LogP contribution in [0.25, 0.3) is 44.8 Å². The zero-order valence-electron chi connectivity index (χ0n) is 20.5. The van der Waals surface area contributed by atoms with Gasteiger partial charge in [0.15, 0.2) is 17.3 Å². The van der Waals surface area contributed by atoms with Gasteiger partial charge in [0.2, 0.25) is 0 Å². The van der Waals surface area contributed by atoms with Crippen molar-refractivity contribution >= 4 is 33.6 Å². The molecule has 1 fully saturated rings. The van der Waals surface area contributed by atoms with Gasteiger partial charge >= 0.3 is 0 Å². The molecule has 182 valence electrons. The van der Waals surface area contributed by atoms with Gasteiger partial charge in [-0.15, -0.1) is 0 Å². The van der Waals surface area contributed by atoms with E-state index in [-0.39, 0.29) is 0 Å². The molecule has 5 aromatic rings. The van der Waals surface area contributed by atoms with Gasteiger partial charge in [-0.2, -0.15) is 5.10 Å². The van der Waals surface area contributed by atoms with Crippen LogP contribution in [0.15, 0.2) is 55.1 Å². The van der Waals surface area contributed by atoms with Crippen LogP contribution in [0.5, 0.6) is 0 Å². The number of rotatable bonds is 6. The lowest BCUT2D eigenvalue weighted by atomic mass is 10.1. The summed E-state index contributed by atoms with van der Waals surface area (Å²) in [7, 11) is 0. The quantitative estimate of drug-likeness (QED) is 0.294. The van der Waals surface area contributed by atoms with Crippen LogP contribution in [0.2, 0.25) is 0 Å². The molecule has 6 heterocycles. The van der Waals surface area contributed by atoms with E-state index in [1.807, 2.05) is 36.7 Å². The molecule has 9 heteroatoms. The molecule has 1 aliphatic heterocycles. The summed E-state index contributed by atoms with van der Waals surface area (Å²) in [5, 5.41) is 11.0. The Balaban J connectivity index is 1.38. The summed E-state index contributed by atoms with van der Waals surface area (Å²) in [5.41, 5.74) is 7.64. The first-order chi connectivity index (χ1) is 17.6. The summed E-state index contributed by atoms with van der Waals surface area (Å²) in [4.78, 5) is 24.7. The lowest BCUT2D eigenvalue weighted by Crippen LogP contribution is -2.30.